The Morgan fingerprint density at radius 1 is 1.33 bits per heavy atom. The topological polar surface area (TPSA) is 81.5 Å². The van der Waals surface area contributed by atoms with E-state index in [1.54, 1.807) is 12.1 Å². The van der Waals surface area contributed by atoms with Gasteiger partial charge in [0, 0.05) is 0 Å². The second-order valence-electron chi connectivity index (χ2n) is 3.08. The minimum absolute atomic E-state index is 0. The Balaban J connectivity index is 0.00000196. The third-order valence-corrected chi connectivity index (χ3v) is 1.82. The number of ether oxygens (including phenoxy) is 1. The van der Waals surface area contributed by atoms with Gasteiger partial charge in [-0.15, -0.1) is 0 Å². The molecule has 1 rings (SSSR count). The lowest BCUT2D eigenvalue weighted by molar-refractivity contribution is -0.139. The fourth-order valence-electron chi connectivity index (χ4n) is 1.19. The molecule has 0 spiro atoms. The zero-order valence-electron chi connectivity index (χ0n) is 8.90. The Bertz CT molecular complexity index is 295. The Kier molecular flexibility index (Phi) is 6.13. The summed E-state index contributed by atoms with van der Waals surface area (Å²) in [6.07, 6.45) is 2.15. The van der Waals surface area contributed by atoms with Crippen LogP contribution >= 0.6 is 0 Å². The smallest absolute Gasteiger partial charge is 0.341 e. The van der Waals surface area contributed by atoms with E-state index in [0.717, 1.165) is 12.8 Å². The van der Waals surface area contributed by atoms with Gasteiger partial charge in [-0.1, -0.05) is 25.5 Å². The molecular weight excluding hydrogens is 194 g/mol. The number of hydrogen-bond acceptors (Lipinski definition) is 3. The second-order valence-corrected chi connectivity index (χ2v) is 3.08. The first-order chi connectivity index (χ1) is 6.72. The maximum Gasteiger partial charge on any atom is 0.341 e. The molecule has 0 atom stereocenters. The molecule has 0 aliphatic carbocycles. The minimum atomic E-state index is -0.956. The van der Waals surface area contributed by atoms with Crippen molar-refractivity contribution in [1.82, 2.24) is 6.15 Å². The fraction of sp³-hybridized carbons (Fsp3) is 0.364. The van der Waals surface area contributed by atoms with Crippen LogP contribution in [0.15, 0.2) is 24.3 Å². The van der Waals surface area contributed by atoms with Gasteiger partial charge >= 0.3 is 5.97 Å². The average molecular weight is 211 g/mol. The highest BCUT2D eigenvalue weighted by Gasteiger charge is 1.98. The van der Waals surface area contributed by atoms with Crippen molar-refractivity contribution in [3.63, 3.8) is 0 Å². The third kappa shape index (κ3) is 5.02. The van der Waals surface area contributed by atoms with E-state index in [1.807, 2.05) is 12.1 Å². The van der Waals surface area contributed by atoms with Crippen molar-refractivity contribution < 1.29 is 14.6 Å². The molecular formula is C11H17NO3. The van der Waals surface area contributed by atoms with E-state index in [9.17, 15) is 4.79 Å². The summed E-state index contributed by atoms with van der Waals surface area (Å²) in [6.45, 7) is 1.84. The molecule has 4 N–H and O–H groups in total. The van der Waals surface area contributed by atoms with Crippen molar-refractivity contribution in [2.24, 2.45) is 0 Å². The lowest BCUT2D eigenvalue weighted by Crippen LogP contribution is -2.09. The molecule has 0 aromatic heterocycles. The maximum absolute atomic E-state index is 10.2. The van der Waals surface area contributed by atoms with E-state index in [0.29, 0.717) is 5.75 Å². The largest absolute Gasteiger partial charge is 0.482 e. The summed E-state index contributed by atoms with van der Waals surface area (Å²) in [5.41, 5.74) is 1.25. The number of carboxylic acids is 1. The van der Waals surface area contributed by atoms with Gasteiger partial charge < -0.3 is 16.0 Å². The molecule has 1 aromatic carbocycles. The summed E-state index contributed by atoms with van der Waals surface area (Å²) in [7, 11) is 0. The van der Waals surface area contributed by atoms with Crippen LogP contribution in [0.5, 0.6) is 5.75 Å². The first-order valence-corrected chi connectivity index (χ1v) is 4.66. The van der Waals surface area contributed by atoms with Crippen molar-refractivity contribution in [2.75, 3.05) is 6.61 Å². The molecule has 0 unspecified atom stereocenters. The summed E-state index contributed by atoms with van der Waals surface area (Å²) in [5, 5.41) is 8.39. The van der Waals surface area contributed by atoms with Crippen LogP contribution < -0.4 is 10.9 Å². The lowest BCUT2D eigenvalue weighted by Gasteiger charge is -2.03. The van der Waals surface area contributed by atoms with Crippen LogP contribution in [-0.2, 0) is 11.2 Å². The van der Waals surface area contributed by atoms with Gasteiger partial charge in [0.15, 0.2) is 6.61 Å². The third-order valence-electron chi connectivity index (χ3n) is 1.82. The molecule has 0 radical (unpaired) electrons. The van der Waals surface area contributed by atoms with Gasteiger partial charge in [0.1, 0.15) is 5.75 Å². The molecule has 0 aliphatic rings. The summed E-state index contributed by atoms with van der Waals surface area (Å²) < 4.78 is 5.00. The average Bonchev–Trinajstić information content (AvgIpc) is 2.17. The Hall–Kier alpha value is -1.55. The Morgan fingerprint density at radius 2 is 1.93 bits per heavy atom. The van der Waals surface area contributed by atoms with Crippen LogP contribution in [0.25, 0.3) is 0 Å². The molecule has 15 heavy (non-hydrogen) atoms. The number of rotatable bonds is 5. The minimum Gasteiger partial charge on any atom is -0.482 e. The molecule has 4 heteroatoms. The second kappa shape index (κ2) is 6.84. The van der Waals surface area contributed by atoms with Crippen molar-refractivity contribution in [3.05, 3.63) is 29.8 Å². The number of hydrogen-bond donors (Lipinski definition) is 2. The SMILES string of the molecule is CCCc1ccc(OCC(=O)O)cc1.N. The molecule has 0 bridgehead atoms. The Morgan fingerprint density at radius 3 is 2.40 bits per heavy atom. The number of carbonyl (C=O) groups is 1. The van der Waals surface area contributed by atoms with Crippen molar-refractivity contribution in [2.45, 2.75) is 19.8 Å². The molecule has 84 valence electrons. The van der Waals surface area contributed by atoms with Gasteiger partial charge in [-0.2, -0.15) is 0 Å². The number of aliphatic carboxylic acids is 1. The molecule has 1 aromatic rings. The molecule has 0 heterocycles. The van der Waals surface area contributed by atoms with Gasteiger partial charge in [0.2, 0.25) is 0 Å². The zero-order chi connectivity index (χ0) is 10.4. The van der Waals surface area contributed by atoms with Gasteiger partial charge in [-0.25, -0.2) is 4.79 Å². The molecule has 0 amide bonds. The summed E-state index contributed by atoms with van der Waals surface area (Å²) in [4.78, 5) is 10.2. The standard InChI is InChI=1S/C11H14O3.H3N/c1-2-3-9-4-6-10(7-5-9)14-8-11(12)13;/h4-7H,2-3,8H2,1H3,(H,12,13);1H3. The normalized spacial score (nSPS) is 9.13. The van der Waals surface area contributed by atoms with E-state index < -0.39 is 5.97 Å². The summed E-state index contributed by atoms with van der Waals surface area (Å²) in [6, 6.07) is 7.52. The van der Waals surface area contributed by atoms with Crippen molar-refractivity contribution in [3.8, 4) is 5.75 Å². The highest BCUT2D eigenvalue weighted by Crippen LogP contribution is 2.12. The van der Waals surface area contributed by atoms with E-state index in [4.69, 9.17) is 9.84 Å². The maximum atomic E-state index is 10.2. The van der Waals surface area contributed by atoms with E-state index >= 15 is 0 Å². The highest BCUT2D eigenvalue weighted by atomic mass is 16.5. The van der Waals surface area contributed by atoms with Crippen molar-refractivity contribution >= 4 is 5.97 Å². The zero-order valence-corrected chi connectivity index (χ0v) is 8.90. The van der Waals surface area contributed by atoms with Gasteiger partial charge in [0.25, 0.3) is 0 Å². The van der Waals surface area contributed by atoms with Crippen LogP contribution in [0, 0.1) is 0 Å². The quantitative estimate of drug-likeness (QED) is 0.782. The summed E-state index contributed by atoms with van der Waals surface area (Å²) in [5.74, 6) is -0.352. The molecule has 4 nitrogen and oxygen atoms in total. The van der Waals surface area contributed by atoms with Crippen LogP contribution in [0.3, 0.4) is 0 Å². The molecule has 0 aliphatic heterocycles. The van der Waals surface area contributed by atoms with Gasteiger partial charge in [-0.05, 0) is 24.1 Å². The number of benzene rings is 1. The van der Waals surface area contributed by atoms with Crippen LogP contribution in [0.4, 0.5) is 0 Å². The molecule has 0 saturated heterocycles. The summed E-state index contributed by atoms with van der Waals surface area (Å²) >= 11 is 0. The predicted molar refractivity (Wildman–Crippen MR) is 58.6 cm³/mol. The lowest BCUT2D eigenvalue weighted by atomic mass is 10.1. The van der Waals surface area contributed by atoms with E-state index in [2.05, 4.69) is 6.92 Å². The van der Waals surface area contributed by atoms with E-state index in [1.165, 1.54) is 5.56 Å². The van der Waals surface area contributed by atoms with Crippen LogP contribution in [0.2, 0.25) is 0 Å². The van der Waals surface area contributed by atoms with E-state index in [-0.39, 0.29) is 12.8 Å². The van der Waals surface area contributed by atoms with Crippen LogP contribution in [-0.4, -0.2) is 17.7 Å². The van der Waals surface area contributed by atoms with Gasteiger partial charge in [-0.3, -0.25) is 0 Å². The Labute approximate surface area is 89.5 Å². The molecule has 0 fully saturated rings. The van der Waals surface area contributed by atoms with Crippen LogP contribution in [0.1, 0.15) is 18.9 Å². The first kappa shape index (κ1) is 13.4. The predicted octanol–water partition coefficient (Wildman–Crippen LogP) is 2.26. The van der Waals surface area contributed by atoms with Crippen molar-refractivity contribution in [1.29, 1.82) is 0 Å². The first-order valence-electron chi connectivity index (χ1n) is 4.66. The van der Waals surface area contributed by atoms with Gasteiger partial charge in [0.05, 0.1) is 0 Å². The fourth-order valence-corrected chi connectivity index (χ4v) is 1.19. The number of carboxylic acid groups (broad SMARTS) is 1. The monoisotopic (exact) mass is 211 g/mol. The highest BCUT2D eigenvalue weighted by molar-refractivity contribution is 5.68. The number of aryl methyl sites for hydroxylation is 1. The molecule has 0 saturated carbocycles.